The monoisotopic (exact) mass is 345 g/mol. The lowest BCUT2D eigenvalue weighted by molar-refractivity contribution is 0.683. The quantitative estimate of drug-likeness (QED) is 0.869. The maximum absolute atomic E-state index is 5.92. The standard InChI is InChI=1S/C11H12IN3S/c1-2-9(13)11-15-14-10(16-11)7-3-5-8(12)6-4-7/h3-6,9H,2,13H2,1H3. The summed E-state index contributed by atoms with van der Waals surface area (Å²) < 4.78 is 1.22. The van der Waals surface area contributed by atoms with Gasteiger partial charge in [0.15, 0.2) is 0 Å². The number of nitrogens with two attached hydrogens (primary N) is 1. The molecule has 2 aromatic rings. The molecular formula is C11H12IN3S. The Balaban J connectivity index is 2.28. The molecule has 3 nitrogen and oxygen atoms in total. The Hall–Kier alpha value is -0.530. The van der Waals surface area contributed by atoms with Crippen LogP contribution in [0.5, 0.6) is 0 Å². The normalized spacial score (nSPS) is 12.7. The van der Waals surface area contributed by atoms with Crippen LogP contribution in [0.4, 0.5) is 0 Å². The third kappa shape index (κ3) is 2.58. The van der Waals surface area contributed by atoms with Gasteiger partial charge in [0.25, 0.3) is 0 Å². The largest absolute Gasteiger partial charge is 0.322 e. The number of aromatic nitrogens is 2. The molecule has 0 aliphatic rings. The van der Waals surface area contributed by atoms with Crippen LogP contribution >= 0.6 is 33.9 Å². The predicted octanol–water partition coefficient (Wildman–Crippen LogP) is 3.22. The first-order chi connectivity index (χ1) is 7.70. The van der Waals surface area contributed by atoms with Crippen molar-refractivity contribution in [3.63, 3.8) is 0 Å². The van der Waals surface area contributed by atoms with E-state index in [1.165, 1.54) is 3.57 Å². The summed E-state index contributed by atoms with van der Waals surface area (Å²) in [5.41, 5.74) is 7.02. The van der Waals surface area contributed by atoms with Gasteiger partial charge in [-0.3, -0.25) is 0 Å². The number of hydrogen-bond donors (Lipinski definition) is 1. The van der Waals surface area contributed by atoms with Crippen molar-refractivity contribution < 1.29 is 0 Å². The van der Waals surface area contributed by atoms with E-state index < -0.39 is 0 Å². The summed E-state index contributed by atoms with van der Waals surface area (Å²) in [7, 11) is 0. The van der Waals surface area contributed by atoms with E-state index in [4.69, 9.17) is 5.73 Å². The smallest absolute Gasteiger partial charge is 0.147 e. The van der Waals surface area contributed by atoms with Gasteiger partial charge in [-0.1, -0.05) is 30.4 Å². The highest BCUT2D eigenvalue weighted by atomic mass is 127. The van der Waals surface area contributed by atoms with Crippen molar-refractivity contribution in [1.82, 2.24) is 10.2 Å². The molecule has 2 N–H and O–H groups in total. The summed E-state index contributed by atoms with van der Waals surface area (Å²) in [5, 5.41) is 10.2. The Morgan fingerprint density at radius 2 is 2.00 bits per heavy atom. The number of benzene rings is 1. The van der Waals surface area contributed by atoms with Crippen molar-refractivity contribution in [2.45, 2.75) is 19.4 Å². The first kappa shape index (κ1) is 11.9. The van der Waals surface area contributed by atoms with Gasteiger partial charge in [-0.15, -0.1) is 10.2 Å². The second-order valence-electron chi connectivity index (χ2n) is 3.47. The second-order valence-corrected chi connectivity index (χ2v) is 5.72. The van der Waals surface area contributed by atoms with Crippen LogP contribution in [-0.4, -0.2) is 10.2 Å². The fourth-order valence-corrected chi connectivity index (χ4v) is 2.56. The molecule has 1 atom stereocenters. The SMILES string of the molecule is CCC(N)c1nnc(-c2ccc(I)cc2)s1. The van der Waals surface area contributed by atoms with Gasteiger partial charge in [0.2, 0.25) is 0 Å². The van der Waals surface area contributed by atoms with E-state index in [9.17, 15) is 0 Å². The summed E-state index contributed by atoms with van der Waals surface area (Å²) in [5.74, 6) is 0. The molecule has 16 heavy (non-hydrogen) atoms. The minimum atomic E-state index is 0.00935. The van der Waals surface area contributed by atoms with E-state index in [0.717, 1.165) is 22.0 Å². The lowest BCUT2D eigenvalue weighted by atomic mass is 10.2. The van der Waals surface area contributed by atoms with Gasteiger partial charge in [-0.2, -0.15) is 0 Å². The fraction of sp³-hybridized carbons (Fsp3) is 0.273. The molecule has 0 saturated carbocycles. The van der Waals surface area contributed by atoms with Gasteiger partial charge in [0, 0.05) is 9.13 Å². The average molecular weight is 345 g/mol. The van der Waals surface area contributed by atoms with Crippen molar-refractivity contribution in [3.05, 3.63) is 32.8 Å². The van der Waals surface area contributed by atoms with Gasteiger partial charge in [0.05, 0.1) is 6.04 Å². The topological polar surface area (TPSA) is 51.8 Å². The Morgan fingerprint density at radius 3 is 2.62 bits per heavy atom. The molecule has 1 aromatic heterocycles. The van der Waals surface area contributed by atoms with E-state index in [0.29, 0.717) is 0 Å². The van der Waals surface area contributed by atoms with Crippen molar-refractivity contribution in [2.24, 2.45) is 5.73 Å². The second kappa shape index (κ2) is 5.20. The molecule has 1 heterocycles. The van der Waals surface area contributed by atoms with Crippen LogP contribution in [0.15, 0.2) is 24.3 Å². The average Bonchev–Trinajstić information content (AvgIpc) is 2.78. The number of nitrogens with zero attached hydrogens (tertiary/aromatic N) is 2. The zero-order valence-corrected chi connectivity index (χ0v) is 11.8. The molecule has 0 radical (unpaired) electrons. The van der Waals surface area contributed by atoms with E-state index >= 15 is 0 Å². The summed E-state index contributed by atoms with van der Waals surface area (Å²) in [4.78, 5) is 0. The van der Waals surface area contributed by atoms with Gasteiger partial charge < -0.3 is 5.73 Å². The first-order valence-electron chi connectivity index (χ1n) is 5.05. The fourth-order valence-electron chi connectivity index (χ4n) is 1.27. The van der Waals surface area contributed by atoms with Crippen LogP contribution in [0.3, 0.4) is 0 Å². The highest BCUT2D eigenvalue weighted by Gasteiger charge is 2.11. The Bertz CT molecular complexity index is 466. The molecule has 5 heteroatoms. The molecule has 0 fully saturated rings. The molecule has 1 aromatic carbocycles. The van der Waals surface area contributed by atoms with Crippen molar-refractivity contribution in [3.8, 4) is 10.6 Å². The zero-order valence-electron chi connectivity index (χ0n) is 8.85. The van der Waals surface area contributed by atoms with Crippen molar-refractivity contribution >= 4 is 33.9 Å². The Morgan fingerprint density at radius 1 is 1.31 bits per heavy atom. The minimum absolute atomic E-state index is 0.00935. The molecule has 0 aliphatic carbocycles. The van der Waals surface area contributed by atoms with Crippen LogP contribution < -0.4 is 5.73 Å². The van der Waals surface area contributed by atoms with Crippen molar-refractivity contribution in [1.29, 1.82) is 0 Å². The van der Waals surface area contributed by atoms with Crippen LogP contribution in [0.2, 0.25) is 0 Å². The molecule has 0 amide bonds. The molecule has 0 bridgehead atoms. The van der Waals surface area contributed by atoms with Gasteiger partial charge in [0.1, 0.15) is 10.0 Å². The maximum atomic E-state index is 5.92. The van der Waals surface area contributed by atoms with Gasteiger partial charge in [-0.05, 0) is 41.1 Å². The molecule has 84 valence electrons. The lowest BCUT2D eigenvalue weighted by Crippen LogP contribution is -2.07. The minimum Gasteiger partial charge on any atom is -0.322 e. The molecule has 1 unspecified atom stereocenters. The molecule has 0 spiro atoms. The molecule has 0 saturated heterocycles. The van der Waals surface area contributed by atoms with E-state index in [1.807, 2.05) is 0 Å². The van der Waals surface area contributed by atoms with Crippen LogP contribution in [-0.2, 0) is 0 Å². The first-order valence-corrected chi connectivity index (χ1v) is 6.95. The van der Waals surface area contributed by atoms with E-state index in [-0.39, 0.29) is 6.04 Å². The zero-order chi connectivity index (χ0) is 11.5. The molecule has 2 rings (SSSR count). The predicted molar refractivity (Wildman–Crippen MR) is 75.3 cm³/mol. The molecule has 0 aliphatic heterocycles. The van der Waals surface area contributed by atoms with Gasteiger partial charge >= 0.3 is 0 Å². The third-order valence-electron chi connectivity index (χ3n) is 2.29. The maximum Gasteiger partial charge on any atom is 0.147 e. The highest BCUT2D eigenvalue weighted by molar-refractivity contribution is 14.1. The lowest BCUT2D eigenvalue weighted by Gasteiger charge is -2.00. The van der Waals surface area contributed by atoms with Crippen molar-refractivity contribution in [2.75, 3.05) is 0 Å². The van der Waals surface area contributed by atoms with E-state index in [1.54, 1.807) is 11.3 Å². The third-order valence-corrected chi connectivity index (χ3v) is 4.11. The highest BCUT2D eigenvalue weighted by Crippen LogP contribution is 2.27. The summed E-state index contributed by atoms with van der Waals surface area (Å²) in [6.07, 6.45) is 0.890. The van der Waals surface area contributed by atoms with Crippen LogP contribution in [0.1, 0.15) is 24.4 Å². The number of hydrogen-bond acceptors (Lipinski definition) is 4. The van der Waals surface area contributed by atoms with E-state index in [2.05, 4.69) is 64.0 Å². The summed E-state index contributed by atoms with van der Waals surface area (Å²) in [6.45, 7) is 2.05. The van der Waals surface area contributed by atoms with Crippen LogP contribution in [0, 0.1) is 3.57 Å². The molecular weight excluding hydrogens is 333 g/mol. The number of halogens is 1. The summed E-state index contributed by atoms with van der Waals surface area (Å²) >= 11 is 3.86. The Labute approximate surface area is 112 Å². The Kier molecular flexibility index (Phi) is 3.88. The van der Waals surface area contributed by atoms with Gasteiger partial charge in [-0.25, -0.2) is 0 Å². The van der Waals surface area contributed by atoms with Crippen LogP contribution in [0.25, 0.3) is 10.6 Å². The summed E-state index contributed by atoms with van der Waals surface area (Å²) in [6, 6.07) is 8.26. The number of rotatable bonds is 3.